The molecule has 1 heterocycles. The molecule has 1 aromatic heterocycles. The fourth-order valence-corrected chi connectivity index (χ4v) is 2.46. The zero-order valence-corrected chi connectivity index (χ0v) is 12.8. The average Bonchev–Trinajstić information content (AvgIpc) is 2.50. The number of aliphatic hydroxyl groups is 2. The topological polar surface area (TPSA) is 62.6 Å². The van der Waals surface area contributed by atoms with Gasteiger partial charge in [-0.25, -0.2) is 0 Å². The Morgan fingerprint density at radius 2 is 2.24 bits per heavy atom. The van der Waals surface area contributed by atoms with Crippen LogP contribution in [0, 0.1) is 0 Å². The molecule has 2 aromatic rings. The monoisotopic (exact) mass is 309 g/mol. The minimum atomic E-state index is -0.837. The van der Waals surface area contributed by atoms with Crippen molar-refractivity contribution in [2.24, 2.45) is 0 Å². The van der Waals surface area contributed by atoms with Crippen LogP contribution in [0.2, 0.25) is 5.02 Å². The number of rotatable bonds is 7. The van der Waals surface area contributed by atoms with Crippen molar-refractivity contribution < 1.29 is 14.9 Å². The molecule has 0 saturated heterocycles. The van der Waals surface area contributed by atoms with Crippen molar-refractivity contribution in [3.8, 4) is 5.75 Å². The van der Waals surface area contributed by atoms with Gasteiger partial charge in [-0.2, -0.15) is 0 Å². The normalized spacial score (nSPS) is 12.6. The van der Waals surface area contributed by atoms with Gasteiger partial charge in [0.25, 0.3) is 0 Å². The van der Waals surface area contributed by atoms with Gasteiger partial charge in [0.05, 0.1) is 24.3 Å². The molecule has 0 bridgehead atoms. The van der Waals surface area contributed by atoms with E-state index in [4.69, 9.17) is 21.4 Å². The summed E-state index contributed by atoms with van der Waals surface area (Å²) in [6.45, 7) is 2.39. The van der Waals surface area contributed by atoms with Crippen LogP contribution in [0.1, 0.15) is 25.3 Å². The van der Waals surface area contributed by atoms with Gasteiger partial charge in [-0.3, -0.25) is 4.98 Å². The summed E-state index contributed by atoms with van der Waals surface area (Å²) >= 11 is 6.28. The van der Waals surface area contributed by atoms with E-state index >= 15 is 0 Å². The molecule has 0 saturated carbocycles. The van der Waals surface area contributed by atoms with Crippen LogP contribution in [0.5, 0.6) is 5.75 Å². The van der Waals surface area contributed by atoms with Gasteiger partial charge in [0, 0.05) is 23.6 Å². The van der Waals surface area contributed by atoms with Crippen LogP contribution in [-0.2, 0) is 6.42 Å². The Bertz CT molecular complexity index is 603. The second-order valence-electron chi connectivity index (χ2n) is 4.99. The molecule has 5 heteroatoms. The van der Waals surface area contributed by atoms with Crippen LogP contribution in [0.15, 0.2) is 24.4 Å². The minimum Gasteiger partial charge on any atom is -0.491 e. The highest BCUT2D eigenvalue weighted by Gasteiger charge is 2.16. The third kappa shape index (κ3) is 3.84. The Morgan fingerprint density at radius 1 is 1.43 bits per heavy atom. The lowest BCUT2D eigenvalue weighted by Crippen LogP contribution is -2.16. The zero-order valence-electron chi connectivity index (χ0n) is 12.1. The van der Waals surface area contributed by atoms with Crippen molar-refractivity contribution in [3.63, 3.8) is 0 Å². The first-order chi connectivity index (χ1) is 10.2. The number of aliphatic hydroxyl groups excluding tert-OH is 2. The molecule has 2 rings (SSSR count). The Labute approximate surface area is 129 Å². The van der Waals surface area contributed by atoms with Crippen molar-refractivity contribution in [3.05, 3.63) is 35.0 Å². The molecule has 0 aliphatic carbocycles. The predicted molar refractivity (Wildman–Crippen MR) is 84.0 cm³/mol. The van der Waals surface area contributed by atoms with E-state index in [1.807, 2.05) is 12.1 Å². The van der Waals surface area contributed by atoms with E-state index in [0.29, 0.717) is 22.9 Å². The third-order valence-electron chi connectivity index (χ3n) is 3.28. The number of aromatic nitrogens is 1. The molecule has 21 heavy (non-hydrogen) atoms. The molecule has 1 aromatic carbocycles. The predicted octanol–water partition coefficient (Wildman–Crippen LogP) is 2.96. The van der Waals surface area contributed by atoms with Crippen molar-refractivity contribution >= 4 is 22.5 Å². The molecule has 4 nitrogen and oxygen atoms in total. The van der Waals surface area contributed by atoms with Gasteiger partial charge in [-0.05, 0) is 24.6 Å². The van der Waals surface area contributed by atoms with Gasteiger partial charge in [0.1, 0.15) is 11.3 Å². The van der Waals surface area contributed by atoms with E-state index in [9.17, 15) is 5.11 Å². The number of nitrogens with zero attached hydrogens (tertiary/aromatic N) is 1. The molecule has 0 aliphatic rings. The standard InChI is InChI=1S/C16H20ClNO3/c1-2-3-7-21-16-11(8-12(20)10-19)9-14(17)13-5-4-6-18-15(13)16/h4-6,9,12,19-20H,2-3,7-8,10H2,1H3. The summed E-state index contributed by atoms with van der Waals surface area (Å²) in [4.78, 5) is 4.36. The van der Waals surface area contributed by atoms with Crippen LogP contribution >= 0.6 is 11.6 Å². The maximum atomic E-state index is 9.70. The van der Waals surface area contributed by atoms with Crippen LogP contribution in [0.4, 0.5) is 0 Å². The van der Waals surface area contributed by atoms with E-state index in [0.717, 1.165) is 23.8 Å². The van der Waals surface area contributed by atoms with Crippen molar-refractivity contribution in [1.29, 1.82) is 0 Å². The first kappa shape index (κ1) is 16.0. The van der Waals surface area contributed by atoms with Crippen molar-refractivity contribution in [1.82, 2.24) is 4.98 Å². The van der Waals surface area contributed by atoms with E-state index in [-0.39, 0.29) is 13.0 Å². The van der Waals surface area contributed by atoms with Crippen LogP contribution in [0.3, 0.4) is 0 Å². The maximum absolute atomic E-state index is 9.70. The molecular formula is C16H20ClNO3. The molecule has 2 N–H and O–H groups in total. The Balaban J connectivity index is 2.46. The van der Waals surface area contributed by atoms with Gasteiger partial charge in [-0.1, -0.05) is 24.9 Å². The molecule has 1 unspecified atom stereocenters. The fraction of sp³-hybridized carbons (Fsp3) is 0.438. The molecule has 0 fully saturated rings. The lowest BCUT2D eigenvalue weighted by atomic mass is 10.0. The van der Waals surface area contributed by atoms with Gasteiger partial charge >= 0.3 is 0 Å². The van der Waals surface area contributed by atoms with E-state index in [1.165, 1.54) is 0 Å². The average molecular weight is 310 g/mol. The summed E-state index contributed by atoms with van der Waals surface area (Å²) in [6.07, 6.45) is 3.12. The van der Waals surface area contributed by atoms with Crippen LogP contribution < -0.4 is 4.74 Å². The molecular weight excluding hydrogens is 290 g/mol. The smallest absolute Gasteiger partial charge is 0.148 e. The fourth-order valence-electron chi connectivity index (χ4n) is 2.18. The number of unbranched alkanes of at least 4 members (excludes halogenated alkanes) is 1. The summed E-state index contributed by atoms with van der Waals surface area (Å²) in [5.74, 6) is 0.649. The number of hydrogen-bond acceptors (Lipinski definition) is 4. The van der Waals surface area contributed by atoms with E-state index in [1.54, 1.807) is 12.3 Å². The number of fused-ring (bicyclic) bond motifs is 1. The molecule has 0 spiro atoms. The number of halogens is 1. The molecule has 114 valence electrons. The SMILES string of the molecule is CCCCOc1c(CC(O)CO)cc(Cl)c2cccnc12. The summed E-state index contributed by atoms with van der Waals surface area (Å²) in [6, 6.07) is 5.50. The lowest BCUT2D eigenvalue weighted by Gasteiger charge is -2.16. The van der Waals surface area contributed by atoms with E-state index < -0.39 is 6.10 Å². The number of pyridine rings is 1. The molecule has 0 aliphatic heterocycles. The van der Waals surface area contributed by atoms with Crippen LogP contribution in [-0.4, -0.2) is 34.5 Å². The Morgan fingerprint density at radius 3 is 2.95 bits per heavy atom. The summed E-state index contributed by atoms with van der Waals surface area (Å²) < 4.78 is 5.88. The number of hydrogen-bond donors (Lipinski definition) is 2. The Hall–Kier alpha value is -1.36. The quantitative estimate of drug-likeness (QED) is 0.772. The summed E-state index contributed by atoms with van der Waals surface area (Å²) in [7, 11) is 0. The second kappa shape index (κ2) is 7.59. The zero-order chi connectivity index (χ0) is 15.2. The van der Waals surface area contributed by atoms with Gasteiger partial charge in [-0.15, -0.1) is 0 Å². The van der Waals surface area contributed by atoms with E-state index in [2.05, 4.69) is 11.9 Å². The highest BCUT2D eigenvalue weighted by Crippen LogP contribution is 2.34. The van der Waals surface area contributed by atoms with Crippen molar-refractivity contribution in [2.75, 3.05) is 13.2 Å². The Kier molecular flexibility index (Phi) is 5.79. The largest absolute Gasteiger partial charge is 0.491 e. The first-order valence-electron chi connectivity index (χ1n) is 7.15. The first-order valence-corrected chi connectivity index (χ1v) is 7.53. The highest BCUT2D eigenvalue weighted by molar-refractivity contribution is 6.35. The van der Waals surface area contributed by atoms with Gasteiger partial charge < -0.3 is 14.9 Å². The minimum absolute atomic E-state index is 0.282. The van der Waals surface area contributed by atoms with Crippen LogP contribution in [0.25, 0.3) is 10.9 Å². The second-order valence-corrected chi connectivity index (χ2v) is 5.40. The number of ether oxygens (including phenoxy) is 1. The molecule has 1 atom stereocenters. The van der Waals surface area contributed by atoms with Gasteiger partial charge in [0.2, 0.25) is 0 Å². The maximum Gasteiger partial charge on any atom is 0.148 e. The van der Waals surface area contributed by atoms with Crippen molar-refractivity contribution in [2.45, 2.75) is 32.3 Å². The lowest BCUT2D eigenvalue weighted by molar-refractivity contribution is 0.0948. The molecule has 0 amide bonds. The number of benzene rings is 1. The summed E-state index contributed by atoms with van der Waals surface area (Å²) in [5.41, 5.74) is 1.46. The third-order valence-corrected chi connectivity index (χ3v) is 3.60. The summed E-state index contributed by atoms with van der Waals surface area (Å²) in [5, 5.41) is 20.1. The highest BCUT2D eigenvalue weighted by atomic mass is 35.5. The van der Waals surface area contributed by atoms with Gasteiger partial charge in [0.15, 0.2) is 0 Å². The molecule has 0 radical (unpaired) electrons.